The summed E-state index contributed by atoms with van der Waals surface area (Å²) in [4.78, 5) is 24.9. The van der Waals surface area contributed by atoms with E-state index >= 15 is 0 Å². The van der Waals surface area contributed by atoms with Gasteiger partial charge < -0.3 is 19.7 Å². The highest BCUT2D eigenvalue weighted by Gasteiger charge is 2.78. The molecule has 1 fully saturated rings. The summed E-state index contributed by atoms with van der Waals surface area (Å²) in [6, 6.07) is 0. The second kappa shape index (κ2) is 9.90. The first-order chi connectivity index (χ1) is 14.1. The predicted octanol–water partition coefficient (Wildman–Crippen LogP) is 2.65. The van der Waals surface area contributed by atoms with Crippen molar-refractivity contribution in [2.24, 2.45) is 17.8 Å². The van der Waals surface area contributed by atoms with Crippen LogP contribution in [-0.2, 0) is 19.1 Å². The summed E-state index contributed by atoms with van der Waals surface area (Å²) < 4.78 is 92.2. The Morgan fingerprint density at radius 2 is 1.23 bits per heavy atom. The molecule has 1 saturated heterocycles. The second-order valence-electron chi connectivity index (χ2n) is 7.27. The van der Waals surface area contributed by atoms with Gasteiger partial charge in [0.2, 0.25) is 11.4 Å². The first kappa shape index (κ1) is 27.4. The molecular formula is C18H27F6NO6. The minimum atomic E-state index is -5.84. The van der Waals surface area contributed by atoms with Crippen LogP contribution in [0.4, 0.5) is 26.3 Å². The zero-order chi connectivity index (χ0) is 24.3. The largest absolute Gasteiger partial charge is 0.466 e. The van der Waals surface area contributed by atoms with Crippen molar-refractivity contribution in [1.82, 2.24) is 5.32 Å². The van der Waals surface area contributed by atoms with Crippen LogP contribution in [0, 0.1) is 17.8 Å². The average molecular weight is 467 g/mol. The van der Waals surface area contributed by atoms with E-state index < -0.39 is 73.1 Å². The molecule has 0 bridgehead atoms. The molecule has 182 valence electrons. The third kappa shape index (κ3) is 5.25. The zero-order valence-corrected chi connectivity index (χ0v) is 17.3. The number of aliphatic hydroxyl groups is 2. The number of hydrogen-bond donors (Lipinski definition) is 3. The number of piperidine rings is 1. The number of alkyl halides is 6. The van der Waals surface area contributed by atoms with Crippen LogP contribution < -0.4 is 5.32 Å². The van der Waals surface area contributed by atoms with Crippen LogP contribution in [0.3, 0.4) is 0 Å². The van der Waals surface area contributed by atoms with Crippen LogP contribution in [0.5, 0.6) is 0 Å². The number of hydrogen-bond acceptors (Lipinski definition) is 7. The molecule has 1 aliphatic heterocycles. The molecule has 4 unspecified atom stereocenters. The molecule has 4 atom stereocenters. The van der Waals surface area contributed by atoms with Crippen LogP contribution >= 0.6 is 0 Å². The third-order valence-electron chi connectivity index (χ3n) is 5.22. The van der Waals surface area contributed by atoms with Crippen LogP contribution in [0.2, 0.25) is 0 Å². The van der Waals surface area contributed by atoms with Crippen LogP contribution in [0.1, 0.15) is 46.5 Å². The summed E-state index contributed by atoms with van der Waals surface area (Å²) in [5.74, 6) is -10.7. The Balaban J connectivity index is 3.81. The van der Waals surface area contributed by atoms with Crippen molar-refractivity contribution in [2.45, 2.75) is 70.3 Å². The summed E-state index contributed by atoms with van der Waals surface area (Å²) >= 11 is 0. The molecule has 1 heterocycles. The zero-order valence-electron chi connectivity index (χ0n) is 17.3. The molecule has 0 radical (unpaired) electrons. The van der Waals surface area contributed by atoms with Crippen molar-refractivity contribution in [2.75, 3.05) is 13.2 Å². The van der Waals surface area contributed by atoms with E-state index in [-0.39, 0.29) is 6.42 Å². The normalized spacial score (nSPS) is 31.9. The fourth-order valence-corrected chi connectivity index (χ4v) is 3.87. The van der Waals surface area contributed by atoms with Crippen LogP contribution in [0.15, 0.2) is 0 Å². The number of halogens is 6. The number of esters is 2. The molecule has 7 nitrogen and oxygen atoms in total. The van der Waals surface area contributed by atoms with Crippen LogP contribution in [0.25, 0.3) is 0 Å². The highest BCUT2D eigenvalue weighted by molar-refractivity contribution is 5.79. The van der Waals surface area contributed by atoms with E-state index in [4.69, 9.17) is 0 Å². The number of carbonyl (C=O) groups excluding carboxylic acids is 2. The Morgan fingerprint density at radius 3 is 1.52 bits per heavy atom. The van der Waals surface area contributed by atoms with Crippen molar-refractivity contribution < 1.29 is 55.6 Å². The summed E-state index contributed by atoms with van der Waals surface area (Å²) in [5, 5.41) is 21.5. The van der Waals surface area contributed by atoms with Crippen molar-refractivity contribution in [1.29, 1.82) is 0 Å². The fourth-order valence-electron chi connectivity index (χ4n) is 3.87. The summed E-state index contributed by atoms with van der Waals surface area (Å²) in [6.07, 6.45) is -11.3. The molecule has 1 aliphatic rings. The lowest BCUT2D eigenvalue weighted by Gasteiger charge is -2.54. The Morgan fingerprint density at radius 1 is 0.839 bits per heavy atom. The molecular weight excluding hydrogens is 440 g/mol. The van der Waals surface area contributed by atoms with Crippen LogP contribution in [-0.4, -0.2) is 59.2 Å². The third-order valence-corrected chi connectivity index (χ3v) is 5.22. The smallest absolute Gasteiger partial charge is 0.431 e. The fraction of sp³-hybridized carbons (Fsp3) is 0.889. The van der Waals surface area contributed by atoms with Gasteiger partial charge in [-0.2, -0.15) is 26.3 Å². The van der Waals surface area contributed by atoms with Gasteiger partial charge in [-0.15, -0.1) is 0 Å². The maximum atomic E-state index is 13.8. The van der Waals surface area contributed by atoms with Crippen molar-refractivity contribution in [3.63, 3.8) is 0 Å². The van der Waals surface area contributed by atoms with Gasteiger partial charge in [0.1, 0.15) is 11.8 Å². The quantitative estimate of drug-likeness (QED) is 0.286. The topological polar surface area (TPSA) is 105 Å². The molecule has 3 N–H and O–H groups in total. The Kier molecular flexibility index (Phi) is 8.76. The number of unbranched alkanes of at least 4 members (excludes halogenated alkanes) is 2. The van der Waals surface area contributed by atoms with E-state index in [1.165, 1.54) is 13.8 Å². The number of ether oxygens (including phenoxy) is 2. The monoisotopic (exact) mass is 467 g/mol. The molecule has 0 aliphatic carbocycles. The average Bonchev–Trinajstić information content (AvgIpc) is 2.60. The first-order valence-corrected chi connectivity index (χ1v) is 9.83. The van der Waals surface area contributed by atoms with Gasteiger partial charge >= 0.3 is 24.3 Å². The predicted molar refractivity (Wildman–Crippen MR) is 93.0 cm³/mol. The lowest BCUT2D eigenvalue weighted by Crippen LogP contribution is -2.82. The molecule has 0 aromatic rings. The van der Waals surface area contributed by atoms with E-state index in [0.717, 1.165) is 5.32 Å². The van der Waals surface area contributed by atoms with E-state index in [2.05, 4.69) is 9.47 Å². The van der Waals surface area contributed by atoms with E-state index in [1.54, 1.807) is 6.92 Å². The highest BCUT2D eigenvalue weighted by atomic mass is 19.4. The number of carbonyl (C=O) groups is 2. The second-order valence-corrected chi connectivity index (χ2v) is 7.27. The number of rotatable bonds is 8. The Bertz CT molecular complexity index is 594. The summed E-state index contributed by atoms with van der Waals surface area (Å²) in [5.41, 5.74) is -9.05. The van der Waals surface area contributed by atoms with Gasteiger partial charge in [0.25, 0.3) is 0 Å². The first-order valence-electron chi connectivity index (χ1n) is 9.83. The SMILES string of the molecule is CCCCCC1C(C(=O)OCC)C(O)(C(F)(F)F)NC(O)(C(F)(F)F)C1C(=O)OCC. The van der Waals surface area contributed by atoms with Gasteiger partial charge in [-0.3, -0.25) is 9.59 Å². The summed E-state index contributed by atoms with van der Waals surface area (Å²) in [6.45, 7) is 3.35. The van der Waals surface area contributed by atoms with Crippen molar-refractivity contribution in [3.8, 4) is 0 Å². The maximum absolute atomic E-state index is 13.8. The van der Waals surface area contributed by atoms with Gasteiger partial charge in [-0.25, -0.2) is 5.32 Å². The number of nitrogens with one attached hydrogen (secondary N) is 1. The lowest BCUT2D eigenvalue weighted by molar-refractivity contribution is -0.382. The molecule has 0 spiro atoms. The molecule has 0 aromatic heterocycles. The standard InChI is InChI=1S/C18H27F6NO6/c1-4-7-8-9-10-11(13(26)30-5-2)15(28,17(19,20)21)25-16(29,18(22,23)24)12(10)14(27)31-6-3/h10-12,25,28-29H,4-9H2,1-3H3. The molecule has 0 saturated carbocycles. The van der Waals surface area contributed by atoms with Crippen molar-refractivity contribution in [3.05, 3.63) is 0 Å². The molecule has 0 aromatic carbocycles. The Labute approximate surface area is 175 Å². The van der Waals surface area contributed by atoms with Gasteiger partial charge in [-0.05, 0) is 26.2 Å². The molecule has 31 heavy (non-hydrogen) atoms. The van der Waals surface area contributed by atoms with Gasteiger partial charge in [-0.1, -0.05) is 26.2 Å². The highest BCUT2D eigenvalue weighted by Crippen LogP contribution is 2.53. The lowest BCUT2D eigenvalue weighted by atomic mass is 9.65. The molecule has 0 amide bonds. The van der Waals surface area contributed by atoms with Crippen molar-refractivity contribution >= 4 is 11.9 Å². The van der Waals surface area contributed by atoms with Gasteiger partial charge in [0, 0.05) is 0 Å². The van der Waals surface area contributed by atoms with Gasteiger partial charge in [0.05, 0.1) is 13.2 Å². The summed E-state index contributed by atoms with van der Waals surface area (Å²) in [7, 11) is 0. The molecule has 1 rings (SSSR count). The van der Waals surface area contributed by atoms with E-state index in [1.807, 2.05) is 0 Å². The molecule has 13 heteroatoms. The van der Waals surface area contributed by atoms with E-state index in [0.29, 0.717) is 12.8 Å². The van der Waals surface area contributed by atoms with Gasteiger partial charge in [0.15, 0.2) is 0 Å². The minimum Gasteiger partial charge on any atom is -0.466 e. The maximum Gasteiger partial charge on any atom is 0.431 e. The van der Waals surface area contributed by atoms with E-state index in [9.17, 15) is 46.1 Å². The minimum absolute atomic E-state index is 0.0227. The Hall–Kier alpha value is -1.60.